The van der Waals surface area contributed by atoms with Crippen molar-refractivity contribution in [3.8, 4) is 0 Å². The van der Waals surface area contributed by atoms with Crippen LogP contribution in [0.2, 0.25) is 0 Å². The third kappa shape index (κ3) is 3.77. The number of hydrogen-bond acceptors (Lipinski definition) is 5. The number of rotatable bonds is 6. The minimum absolute atomic E-state index is 0.0318. The molecule has 3 N–H and O–H groups in total. The van der Waals surface area contributed by atoms with Gasteiger partial charge in [-0.15, -0.1) is 0 Å². The second-order valence-corrected chi connectivity index (χ2v) is 8.13. The molecule has 1 unspecified atom stereocenters. The van der Waals surface area contributed by atoms with Gasteiger partial charge in [0.05, 0.1) is 23.7 Å². The van der Waals surface area contributed by atoms with E-state index < -0.39 is 15.9 Å². The largest absolute Gasteiger partial charge is 0.379 e. The van der Waals surface area contributed by atoms with Gasteiger partial charge in [-0.1, -0.05) is 12.1 Å². The van der Waals surface area contributed by atoms with Gasteiger partial charge in [-0.25, -0.2) is 8.42 Å². The van der Waals surface area contributed by atoms with Gasteiger partial charge in [-0.3, -0.25) is 4.79 Å². The summed E-state index contributed by atoms with van der Waals surface area (Å²) in [6, 6.07) is 6.22. The predicted octanol–water partition coefficient (Wildman–Crippen LogP) is 0.175. The Kier molecular flexibility index (Phi) is 5.19. The van der Waals surface area contributed by atoms with Crippen molar-refractivity contribution < 1.29 is 17.9 Å². The van der Waals surface area contributed by atoms with E-state index in [1.54, 1.807) is 12.1 Å². The summed E-state index contributed by atoms with van der Waals surface area (Å²) in [6.07, 6.45) is 2.19. The van der Waals surface area contributed by atoms with Crippen molar-refractivity contribution in [2.24, 2.45) is 11.7 Å². The van der Waals surface area contributed by atoms with Crippen LogP contribution in [0, 0.1) is 5.92 Å². The van der Waals surface area contributed by atoms with E-state index in [0.717, 1.165) is 12.8 Å². The van der Waals surface area contributed by atoms with Crippen LogP contribution in [0.1, 0.15) is 23.2 Å². The van der Waals surface area contributed by atoms with E-state index >= 15 is 0 Å². The highest BCUT2D eigenvalue weighted by Crippen LogP contribution is 2.31. The maximum atomic E-state index is 12.8. The Hall–Kier alpha value is -1.48. The van der Waals surface area contributed by atoms with Crippen molar-refractivity contribution in [2.75, 3.05) is 32.8 Å². The van der Waals surface area contributed by atoms with Crippen molar-refractivity contribution in [2.45, 2.75) is 23.8 Å². The Morgan fingerprint density at radius 1 is 1.29 bits per heavy atom. The maximum absolute atomic E-state index is 12.8. The number of benzene rings is 1. The quantitative estimate of drug-likeness (QED) is 0.759. The molecule has 1 heterocycles. The van der Waals surface area contributed by atoms with Gasteiger partial charge in [-0.05, 0) is 30.9 Å². The average molecular weight is 353 g/mol. The zero-order chi connectivity index (χ0) is 17.2. The molecule has 24 heavy (non-hydrogen) atoms. The normalized spacial score (nSPS) is 20.5. The zero-order valence-electron chi connectivity index (χ0n) is 13.5. The summed E-state index contributed by atoms with van der Waals surface area (Å²) in [5, 5.41) is 2.76. The Bertz CT molecular complexity index is 697. The monoisotopic (exact) mass is 353 g/mol. The van der Waals surface area contributed by atoms with Crippen molar-refractivity contribution in [3.63, 3.8) is 0 Å². The molecule has 0 aromatic heterocycles. The van der Waals surface area contributed by atoms with Gasteiger partial charge >= 0.3 is 0 Å². The summed E-state index contributed by atoms with van der Waals surface area (Å²) < 4.78 is 32.2. The molecule has 8 heteroatoms. The number of morpholine rings is 1. The number of nitrogens with one attached hydrogen (secondary N) is 1. The van der Waals surface area contributed by atoms with Gasteiger partial charge in [0.2, 0.25) is 10.0 Å². The van der Waals surface area contributed by atoms with Gasteiger partial charge in [0, 0.05) is 25.7 Å². The lowest BCUT2D eigenvalue weighted by Crippen LogP contribution is -2.42. The van der Waals surface area contributed by atoms with Crippen LogP contribution in [0.25, 0.3) is 0 Å². The van der Waals surface area contributed by atoms with Crippen molar-refractivity contribution in [1.29, 1.82) is 0 Å². The second-order valence-electron chi connectivity index (χ2n) is 6.22. The number of nitrogens with two attached hydrogens (primary N) is 1. The third-order valence-electron chi connectivity index (χ3n) is 4.45. The lowest BCUT2D eigenvalue weighted by molar-refractivity contribution is 0.0730. The first-order valence-electron chi connectivity index (χ1n) is 8.21. The van der Waals surface area contributed by atoms with Gasteiger partial charge in [0.15, 0.2) is 0 Å². The van der Waals surface area contributed by atoms with E-state index in [-0.39, 0.29) is 16.5 Å². The minimum atomic E-state index is -3.72. The molecular formula is C16H23N3O4S. The van der Waals surface area contributed by atoms with Crippen LogP contribution < -0.4 is 11.1 Å². The molecule has 7 nitrogen and oxygen atoms in total. The molecule has 2 aliphatic rings. The molecule has 0 spiro atoms. The number of nitrogens with zero attached hydrogens (tertiary/aromatic N) is 1. The highest BCUT2D eigenvalue weighted by molar-refractivity contribution is 7.89. The van der Waals surface area contributed by atoms with Crippen LogP contribution in [-0.2, 0) is 14.8 Å². The molecule has 1 saturated heterocycles. The summed E-state index contributed by atoms with van der Waals surface area (Å²) in [4.78, 5) is 12.5. The molecule has 2 fully saturated rings. The first-order valence-corrected chi connectivity index (χ1v) is 9.65. The van der Waals surface area contributed by atoms with E-state index in [9.17, 15) is 13.2 Å². The third-order valence-corrected chi connectivity index (χ3v) is 6.40. The molecule has 1 amide bonds. The van der Waals surface area contributed by atoms with Gasteiger partial charge in [0.25, 0.3) is 5.91 Å². The Labute approximate surface area is 142 Å². The highest BCUT2D eigenvalue weighted by atomic mass is 32.2. The van der Waals surface area contributed by atoms with Crippen molar-refractivity contribution in [3.05, 3.63) is 29.8 Å². The van der Waals surface area contributed by atoms with E-state index in [1.807, 2.05) is 0 Å². The Balaban J connectivity index is 1.77. The molecule has 132 valence electrons. The van der Waals surface area contributed by atoms with E-state index in [1.165, 1.54) is 16.4 Å². The molecule has 3 rings (SSSR count). The van der Waals surface area contributed by atoms with Crippen LogP contribution in [0.15, 0.2) is 29.2 Å². The number of ether oxygens (including phenoxy) is 1. The predicted molar refractivity (Wildman–Crippen MR) is 89.1 cm³/mol. The average Bonchev–Trinajstić information content (AvgIpc) is 3.45. The first kappa shape index (κ1) is 17.3. The zero-order valence-corrected chi connectivity index (χ0v) is 14.3. The SMILES string of the molecule is NC(CNC(=O)c1ccccc1S(=O)(=O)N1CCOCC1)C1CC1. The van der Waals surface area contributed by atoms with Crippen LogP contribution in [-0.4, -0.2) is 57.5 Å². The summed E-state index contributed by atoms with van der Waals surface area (Å²) in [5.74, 6) is 0.0659. The van der Waals surface area contributed by atoms with Crippen molar-refractivity contribution in [1.82, 2.24) is 9.62 Å². The Morgan fingerprint density at radius 3 is 2.62 bits per heavy atom. The van der Waals surface area contributed by atoms with Gasteiger partial charge in [0.1, 0.15) is 0 Å². The fourth-order valence-electron chi connectivity index (χ4n) is 2.80. The molecule has 0 bridgehead atoms. The second kappa shape index (κ2) is 7.18. The highest BCUT2D eigenvalue weighted by Gasteiger charge is 2.31. The van der Waals surface area contributed by atoms with Crippen LogP contribution in [0.5, 0.6) is 0 Å². The number of amides is 1. The maximum Gasteiger partial charge on any atom is 0.252 e. The topological polar surface area (TPSA) is 102 Å². The molecule has 1 aromatic carbocycles. The first-order chi connectivity index (χ1) is 11.5. The van der Waals surface area contributed by atoms with Crippen LogP contribution in [0.3, 0.4) is 0 Å². The summed E-state index contributed by atoms with van der Waals surface area (Å²) >= 11 is 0. The van der Waals surface area contributed by atoms with Crippen LogP contribution in [0.4, 0.5) is 0 Å². The number of sulfonamides is 1. The molecular weight excluding hydrogens is 330 g/mol. The number of hydrogen-bond donors (Lipinski definition) is 2. The lowest BCUT2D eigenvalue weighted by Gasteiger charge is -2.26. The van der Waals surface area contributed by atoms with Gasteiger partial charge < -0.3 is 15.8 Å². The molecule has 1 aliphatic carbocycles. The van der Waals surface area contributed by atoms with Gasteiger partial charge in [-0.2, -0.15) is 4.31 Å². The lowest BCUT2D eigenvalue weighted by atomic mass is 10.2. The fourth-order valence-corrected chi connectivity index (χ4v) is 4.40. The molecule has 1 aromatic rings. The smallest absolute Gasteiger partial charge is 0.252 e. The fraction of sp³-hybridized carbons (Fsp3) is 0.562. The number of carbonyl (C=O) groups excluding carboxylic acids is 1. The summed E-state index contributed by atoms with van der Waals surface area (Å²) in [6.45, 7) is 1.68. The van der Waals surface area contributed by atoms with Crippen LogP contribution >= 0.6 is 0 Å². The minimum Gasteiger partial charge on any atom is -0.379 e. The molecule has 0 radical (unpaired) electrons. The van der Waals surface area contributed by atoms with E-state index in [0.29, 0.717) is 38.8 Å². The van der Waals surface area contributed by atoms with E-state index in [4.69, 9.17) is 10.5 Å². The summed E-state index contributed by atoms with van der Waals surface area (Å²) in [7, 11) is -3.72. The molecule has 1 saturated carbocycles. The van der Waals surface area contributed by atoms with Crippen molar-refractivity contribution >= 4 is 15.9 Å². The van der Waals surface area contributed by atoms with E-state index in [2.05, 4.69) is 5.32 Å². The molecule has 1 aliphatic heterocycles. The number of carbonyl (C=O) groups is 1. The Morgan fingerprint density at radius 2 is 1.96 bits per heavy atom. The summed E-state index contributed by atoms with van der Waals surface area (Å²) in [5.41, 5.74) is 6.15. The standard InChI is InChI=1S/C16H23N3O4S/c17-14(12-5-6-12)11-18-16(20)13-3-1-2-4-15(13)24(21,22)19-7-9-23-10-8-19/h1-4,12,14H,5-11,17H2,(H,18,20). The molecule has 1 atom stereocenters.